The first kappa shape index (κ1) is 12.6. The van der Waals surface area contributed by atoms with Gasteiger partial charge in [-0.2, -0.15) is 0 Å². The maximum atomic E-state index is 11.3. The van der Waals surface area contributed by atoms with Crippen LogP contribution in [-0.4, -0.2) is 43.5 Å². The van der Waals surface area contributed by atoms with Crippen molar-refractivity contribution >= 4 is 11.9 Å². The lowest BCUT2D eigenvalue weighted by atomic mass is 10.1. The Kier molecular flexibility index (Phi) is 3.94. The lowest BCUT2D eigenvalue weighted by Crippen LogP contribution is -2.47. The average Bonchev–Trinajstić information content (AvgIpc) is 2.39. The molecule has 1 saturated heterocycles. The zero-order valence-electron chi connectivity index (χ0n) is 10.3. The van der Waals surface area contributed by atoms with E-state index in [0.717, 1.165) is 18.7 Å². The normalized spacial score (nSPS) is 16.2. The van der Waals surface area contributed by atoms with Gasteiger partial charge in [-0.3, -0.25) is 9.69 Å². The molecule has 1 amide bonds. The Morgan fingerprint density at radius 2 is 2.11 bits per heavy atom. The Balaban J connectivity index is 1.97. The third-order valence-corrected chi connectivity index (χ3v) is 2.90. The molecule has 0 spiro atoms. The summed E-state index contributed by atoms with van der Waals surface area (Å²) in [6.07, 6.45) is 0. The second-order valence-corrected chi connectivity index (χ2v) is 4.25. The zero-order valence-corrected chi connectivity index (χ0v) is 10.3. The standard InChI is InChI=1S/C13H16N2O3/c1-18-13(17)11-4-2-10(3-5-11)8-15-7-6-14-12(16)9-15/h2-5H,6-9H2,1H3,(H,14,16). The van der Waals surface area contributed by atoms with Gasteiger partial charge in [-0.25, -0.2) is 4.79 Å². The predicted octanol–water partition coefficient (Wildman–Crippen LogP) is 0.405. The molecule has 96 valence electrons. The lowest BCUT2D eigenvalue weighted by Gasteiger charge is -2.26. The molecule has 0 atom stereocenters. The van der Waals surface area contributed by atoms with Crippen LogP contribution in [0, 0.1) is 0 Å². The predicted molar refractivity (Wildman–Crippen MR) is 66.1 cm³/mol. The molecule has 0 bridgehead atoms. The van der Waals surface area contributed by atoms with Crippen LogP contribution in [0.5, 0.6) is 0 Å². The second-order valence-electron chi connectivity index (χ2n) is 4.25. The molecule has 0 aromatic heterocycles. The number of carbonyl (C=O) groups excluding carboxylic acids is 2. The van der Waals surface area contributed by atoms with E-state index >= 15 is 0 Å². The number of nitrogens with one attached hydrogen (secondary N) is 1. The van der Waals surface area contributed by atoms with E-state index in [1.165, 1.54) is 7.11 Å². The number of nitrogens with zero attached hydrogens (tertiary/aromatic N) is 1. The summed E-state index contributed by atoms with van der Waals surface area (Å²) in [5.74, 6) is -0.272. The number of hydrogen-bond donors (Lipinski definition) is 1. The molecule has 5 heteroatoms. The van der Waals surface area contributed by atoms with Crippen LogP contribution in [0.3, 0.4) is 0 Å². The summed E-state index contributed by atoms with van der Waals surface area (Å²) in [6.45, 7) is 2.69. The van der Waals surface area contributed by atoms with Crippen molar-refractivity contribution in [2.24, 2.45) is 0 Å². The Morgan fingerprint density at radius 3 is 2.72 bits per heavy atom. The molecule has 1 aromatic carbocycles. The first-order chi connectivity index (χ1) is 8.69. The Labute approximate surface area is 106 Å². The molecule has 18 heavy (non-hydrogen) atoms. The van der Waals surface area contributed by atoms with Gasteiger partial charge in [0, 0.05) is 19.6 Å². The number of rotatable bonds is 3. The van der Waals surface area contributed by atoms with Crippen LogP contribution in [0.1, 0.15) is 15.9 Å². The third kappa shape index (κ3) is 3.07. The minimum Gasteiger partial charge on any atom is -0.465 e. The van der Waals surface area contributed by atoms with E-state index in [2.05, 4.69) is 15.0 Å². The summed E-state index contributed by atoms with van der Waals surface area (Å²) in [5, 5.41) is 2.79. The van der Waals surface area contributed by atoms with Gasteiger partial charge < -0.3 is 10.1 Å². The van der Waals surface area contributed by atoms with Gasteiger partial charge in [0.25, 0.3) is 0 Å². The maximum Gasteiger partial charge on any atom is 0.337 e. The van der Waals surface area contributed by atoms with E-state index < -0.39 is 0 Å². The number of piperazine rings is 1. The van der Waals surface area contributed by atoms with Crippen LogP contribution in [0.15, 0.2) is 24.3 Å². The summed E-state index contributed by atoms with van der Waals surface area (Å²) in [6, 6.07) is 7.26. The van der Waals surface area contributed by atoms with E-state index in [-0.39, 0.29) is 11.9 Å². The first-order valence-corrected chi connectivity index (χ1v) is 5.85. The first-order valence-electron chi connectivity index (χ1n) is 5.85. The highest BCUT2D eigenvalue weighted by Crippen LogP contribution is 2.09. The molecular weight excluding hydrogens is 232 g/mol. The number of amides is 1. The summed E-state index contributed by atoms with van der Waals surface area (Å²) >= 11 is 0. The molecule has 0 aliphatic carbocycles. The summed E-state index contributed by atoms with van der Waals surface area (Å²) < 4.78 is 4.64. The van der Waals surface area contributed by atoms with Gasteiger partial charge in [-0.05, 0) is 17.7 Å². The number of methoxy groups -OCH3 is 1. The van der Waals surface area contributed by atoms with E-state index in [0.29, 0.717) is 18.7 Å². The van der Waals surface area contributed by atoms with Gasteiger partial charge in [0.2, 0.25) is 5.91 Å². The minimum absolute atomic E-state index is 0.0624. The van der Waals surface area contributed by atoms with E-state index in [1.54, 1.807) is 12.1 Å². The fourth-order valence-electron chi connectivity index (χ4n) is 1.95. The molecule has 1 aromatic rings. The van der Waals surface area contributed by atoms with Gasteiger partial charge in [0.1, 0.15) is 0 Å². The number of benzene rings is 1. The highest BCUT2D eigenvalue weighted by molar-refractivity contribution is 5.89. The molecule has 1 heterocycles. The lowest BCUT2D eigenvalue weighted by molar-refractivity contribution is -0.124. The van der Waals surface area contributed by atoms with Gasteiger partial charge >= 0.3 is 5.97 Å². The van der Waals surface area contributed by atoms with Gasteiger partial charge in [-0.15, -0.1) is 0 Å². The summed E-state index contributed by atoms with van der Waals surface area (Å²) in [7, 11) is 1.36. The van der Waals surface area contributed by atoms with E-state index in [9.17, 15) is 9.59 Å². The number of esters is 1. The van der Waals surface area contributed by atoms with Crippen molar-refractivity contribution in [1.29, 1.82) is 0 Å². The highest BCUT2D eigenvalue weighted by atomic mass is 16.5. The molecule has 0 radical (unpaired) electrons. The van der Waals surface area contributed by atoms with Crippen molar-refractivity contribution in [2.45, 2.75) is 6.54 Å². The van der Waals surface area contributed by atoms with Crippen molar-refractivity contribution in [2.75, 3.05) is 26.7 Å². The molecule has 0 unspecified atom stereocenters. The molecule has 1 aliphatic heterocycles. The number of ether oxygens (including phenoxy) is 1. The molecule has 1 fully saturated rings. The van der Waals surface area contributed by atoms with Crippen LogP contribution in [0.25, 0.3) is 0 Å². The summed E-state index contributed by atoms with van der Waals surface area (Å²) in [4.78, 5) is 24.6. The van der Waals surface area contributed by atoms with Crippen molar-refractivity contribution < 1.29 is 14.3 Å². The molecule has 1 aliphatic rings. The highest BCUT2D eigenvalue weighted by Gasteiger charge is 2.16. The fourth-order valence-corrected chi connectivity index (χ4v) is 1.95. The van der Waals surface area contributed by atoms with E-state index in [1.807, 2.05) is 12.1 Å². The molecular formula is C13H16N2O3. The molecule has 2 rings (SSSR count). The van der Waals surface area contributed by atoms with Crippen molar-refractivity contribution in [3.05, 3.63) is 35.4 Å². The van der Waals surface area contributed by atoms with Crippen LogP contribution in [0.4, 0.5) is 0 Å². The van der Waals surface area contributed by atoms with Crippen molar-refractivity contribution in [3.8, 4) is 0 Å². The average molecular weight is 248 g/mol. The Hall–Kier alpha value is -1.88. The van der Waals surface area contributed by atoms with Crippen LogP contribution in [-0.2, 0) is 16.1 Å². The van der Waals surface area contributed by atoms with Crippen LogP contribution >= 0.6 is 0 Å². The van der Waals surface area contributed by atoms with Gasteiger partial charge in [-0.1, -0.05) is 12.1 Å². The quantitative estimate of drug-likeness (QED) is 0.787. The molecule has 5 nitrogen and oxygen atoms in total. The van der Waals surface area contributed by atoms with Crippen LogP contribution < -0.4 is 5.32 Å². The maximum absolute atomic E-state index is 11.3. The third-order valence-electron chi connectivity index (χ3n) is 2.90. The monoisotopic (exact) mass is 248 g/mol. The molecule has 1 N–H and O–H groups in total. The SMILES string of the molecule is COC(=O)c1ccc(CN2CCNC(=O)C2)cc1. The Bertz CT molecular complexity index is 442. The van der Waals surface area contributed by atoms with Gasteiger partial charge in [0.05, 0.1) is 19.2 Å². The largest absolute Gasteiger partial charge is 0.465 e. The fraction of sp³-hybridized carbons (Fsp3) is 0.385. The second kappa shape index (κ2) is 5.64. The van der Waals surface area contributed by atoms with Crippen LogP contribution in [0.2, 0.25) is 0 Å². The van der Waals surface area contributed by atoms with Crippen molar-refractivity contribution in [3.63, 3.8) is 0 Å². The zero-order chi connectivity index (χ0) is 13.0. The Morgan fingerprint density at radius 1 is 1.39 bits per heavy atom. The smallest absolute Gasteiger partial charge is 0.337 e. The van der Waals surface area contributed by atoms with E-state index in [4.69, 9.17) is 0 Å². The number of hydrogen-bond acceptors (Lipinski definition) is 4. The molecule has 0 saturated carbocycles. The number of carbonyl (C=O) groups is 2. The van der Waals surface area contributed by atoms with Crippen molar-refractivity contribution in [1.82, 2.24) is 10.2 Å². The van der Waals surface area contributed by atoms with Gasteiger partial charge in [0.15, 0.2) is 0 Å². The topological polar surface area (TPSA) is 58.6 Å². The summed E-state index contributed by atoms with van der Waals surface area (Å²) in [5.41, 5.74) is 1.62. The minimum atomic E-state index is -0.334.